The first kappa shape index (κ1) is 10.2. The Balaban J connectivity index is 2.95. The van der Waals surface area contributed by atoms with E-state index >= 15 is 0 Å². The van der Waals surface area contributed by atoms with Crippen molar-refractivity contribution in [1.82, 2.24) is 4.57 Å². The van der Waals surface area contributed by atoms with E-state index in [9.17, 15) is 9.59 Å². The Labute approximate surface area is 79.5 Å². The number of amides is 2. The van der Waals surface area contributed by atoms with Crippen molar-refractivity contribution in [3.05, 3.63) is 12.2 Å². The summed E-state index contributed by atoms with van der Waals surface area (Å²) in [4.78, 5) is 22.8. The van der Waals surface area contributed by atoms with Crippen molar-refractivity contribution in [3.63, 3.8) is 0 Å². The maximum Gasteiger partial charge on any atom is 0.245 e. The number of carbonyl (C=O) groups excluding carboxylic acids is 2. The summed E-state index contributed by atoms with van der Waals surface area (Å²) in [7, 11) is -1.90. The molecule has 0 saturated carbocycles. The number of nitrogens with zero attached hydrogens (tertiary/aromatic N) is 1. The Morgan fingerprint density at radius 2 is 1.54 bits per heavy atom. The van der Waals surface area contributed by atoms with E-state index in [2.05, 4.69) is 13.8 Å². The lowest BCUT2D eigenvalue weighted by Crippen LogP contribution is -2.53. The first-order valence-electron chi connectivity index (χ1n) is 4.43. The molecule has 0 fully saturated rings. The lowest BCUT2D eigenvalue weighted by Gasteiger charge is -2.35. The van der Waals surface area contributed by atoms with Crippen LogP contribution in [-0.2, 0) is 9.59 Å². The molecule has 0 aromatic carbocycles. The first-order valence-corrected chi connectivity index (χ1v) is 7.46. The highest BCUT2D eigenvalue weighted by atomic mass is 28.3. The molecule has 13 heavy (non-hydrogen) atoms. The summed E-state index contributed by atoms with van der Waals surface area (Å²) < 4.78 is 1.46. The molecule has 0 bridgehead atoms. The van der Waals surface area contributed by atoms with E-state index in [0.717, 1.165) is 0 Å². The fourth-order valence-electron chi connectivity index (χ4n) is 1.23. The summed E-state index contributed by atoms with van der Waals surface area (Å²) in [5.74, 6) is -0.286. The third-order valence-corrected chi connectivity index (χ3v) is 7.22. The zero-order valence-electron chi connectivity index (χ0n) is 8.50. The average Bonchev–Trinajstić information content (AvgIpc) is 2.30. The summed E-state index contributed by atoms with van der Waals surface area (Å²) >= 11 is 0. The van der Waals surface area contributed by atoms with Crippen LogP contribution < -0.4 is 0 Å². The highest BCUT2D eigenvalue weighted by Crippen LogP contribution is 2.26. The van der Waals surface area contributed by atoms with E-state index in [4.69, 9.17) is 0 Å². The van der Waals surface area contributed by atoms with Crippen molar-refractivity contribution in [2.24, 2.45) is 0 Å². The number of carbonyl (C=O) groups is 2. The van der Waals surface area contributed by atoms with Crippen molar-refractivity contribution in [2.45, 2.75) is 32.5 Å². The van der Waals surface area contributed by atoms with Gasteiger partial charge >= 0.3 is 0 Å². The second-order valence-corrected chi connectivity index (χ2v) is 9.06. The summed E-state index contributed by atoms with van der Waals surface area (Å²) in [5.41, 5.74) is 0.389. The molecule has 1 aliphatic rings. The van der Waals surface area contributed by atoms with Crippen LogP contribution >= 0.6 is 0 Å². The van der Waals surface area contributed by atoms with Crippen LogP contribution in [0.3, 0.4) is 0 Å². The molecule has 72 valence electrons. The van der Waals surface area contributed by atoms with Crippen LogP contribution in [0.1, 0.15) is 13.8 Å². The molecule has 1 heterocycles. The molecular weight excluding hydrogens is 182 g/mol. The van der Waals surface area contributed by atoms with Gasteiger partial charge in [0.05, 0.1) is 0 Å². The van der Waals surface area contributed by atoms with Crippen molar-refractivity contribution >= 4 is 20.0 Å². The molecule has 0 spiro atoms. The Hall–Kier alpha value is -0.903. The molecule has 0 radical (unpaired) electrons. The maximum atomic E-state index is 11.4. The third-order valence-electron chi connectivity index (χ3n) is 2.80. The number of hydrogen-bond acceptors (Lipinski definition) is 2. The lowest BCUT2D eigenvalue weighted by molar-refractivity contribution is -0.131. The van der Waals surface area contributed by atoms with Crippen molar-refractivity contribution in [1.29, 1.82) is 0 Å². The number of rotatable bonds is 2. The standard InChI is InChI=1S/C9H15NO2Si/c1-7(2)13(3,4)10-8(11)5-6-9(10)12/h5-7H,1-4H3. The van der Waals surface area contributed by atoms with Gasteiger partial charge in [0.25, 0.3) is 0 Å². The molecule has 0 aliphatic carbocycles. The van der Waals surface area contributed by atoms with Crippen LogP contribution in [-0.4, -0.2) is 24.6 Å². The van der Waals surface area contributed by atoms with Gasteiger partial charge in [0.1, 0.15) is 0 Å². The topological polar surface area (TPSA) is 37.4 Å². The van der Waals surface area contributed by atoms with Gasteiger partial charge in [-0.1, -0.05) is 26.9 Å². The highest BCUT2D eigenvalue weighted by Gasteiger charge is 2.41. The molecule has 1 aliphatic heterocycles. The van der Waals surface area contributed by atoms with E-state index < -0.39 is 8.24 Å². The summed E-state index contributed by atoms with van der Waals surface area (Å²) in [5, 5.41) is 0. The second-order valence-electron chi connectivity index (χ2n) is 4.15. The minimum Gasteiger partial charge on any atom is -0.305 e. The minimum atomic E-state index is -1.90. The molecule has 0 atom stereocenters. The molecule has 2 amide bonds. The van der Waals surface area contributed by atoms with Gasteiger partial charge in [0, 0.05) is 12.2 Å². The summed E-state index contributed by atoms with van der Waals surface area (Å²) in [6, 6.07) is 0. The van der Waals surface area contributed by atoms with Crippen LogP contribution in [0.25, 0.3) is 0 Å². The SMILES string of the molecule is CC(C)[Si](C)(C)N1C(=O)C=CC1=O. The molecule has 0 unspecified atom stereocenters. The largest absolute Gasteiger partial charge is 0.305 e. The van der Waals surface area contributed by atoms with Crippen LogP contribution in [0.5, 0.6) is 0 Å². The molecule has 0 saturated heterocycles. The fraction of sp³-hybridized carbons (Fsp3) is 0.556. The monoisotopic (exact) mass is 197 g/mol. The van der Waals surface area contributed by atoms with E-state index in [0.29, 0.717) is 5.54 Å². The van der Waals surface area contributed by atoms with E-state index in [1.807, 2.05) is 13.1 Å². The number of imide groups is 1. The normalized spacial score (nSPS) is 17.8. The molecular formula is C9H15NO2Si. The lowest BCUT2D eigenvalue weighted by atomic mass is 10.6. The summed E-state index contributed by atoms with van der Waals surface area (Å²) in [6.07, 6.45) is 2.72. The summed E-state index contributed by atoms with van der Waals surface area (Å²) in [6.45, 7) is 8.21. The van der Waals surface area contributed by atoms with Crippen molar-refractivity contribution in [3.8, 4) is 0 Å². The Morgan fingerprint density at radius 3 is 1.85 bits per heavy atom. The van der Waals surface area contributed by atoms with E-state index in [-0.39, 0.29) is 11.8 Å². The third kappa shape index (κ3) is 1.58. The zero-order valence-corrected chi connectivity index (χ0v) is 9.50. The zero-order chi connectivity index (χ0) is 10.2. The van der Waals surface area contributed by atoms with Crippen molar-refractivity contribution in [2.75, 3.05) is 0 Å². The smallest absolute Gasteiger partial charge is 0.245 e. The van der Waals surface area contributed by atoms with Crippen LogP contribution in [0.2, 0.25) is 18.6 Å². The maximum absolute atomic E-state index is 11.4. The van der Waals surface area contributed by atoms with Gasteiger partial charge in [-0.25, -0.2) is 0 Å². The van der Waals surface area contributed by atoms with E-state index in [1.165, 1.54) is 16.7 Å². The van der Waals surface area contributed by atoms with Gasteiger partial charge < -0.3 is 4.57 Å². The molecule has 3 nitrogen and oxygen atoms in total. The van der Waals surface area contributed by atoms with Gasteiger partial charge in [-0.15, -0.1) is 0 Å². The first-order chi connectivity index (χ1) is 5.87. The van der Waals surface area contributed by atoms with Crippen LogP contribution in [0.15, 0.2) is 12.2 Å². The predicted molar refractivity (Wildman–Crippen MR) is 53.6 cm³/mol. The quantitative estimate of drug-likeness (QED) is 0.497. The number of hydrogen-bond donors (Lipinski definition) is 0. The molecule has 0 N–H and O–H groups in total. The molecule has 1 rings (SSSR count). The van der Waals surface area contributed by atoms with Crippen molar-refractivity contribution < 1.29 is 9.59 Å². The van der Waals surface area contributed by atoms with Gasteiger partial charge in [-0.2, -0.15) is 0 Å². The second kappa shape index (κ2) is 3.10. The molecule has 0 aromatic heterocycles. The van der Waals surface area contributed by atoms with Crippen LogP contribution in [0, 0.1) is 0 Å². The predicted octanol–water partition coefficient (Wildman–Crippen LogP) is 1.53. The van der Waals surface area contributed by atoms with Gasteiger partial charge in [-0.05, 0) is 5.54 Å². The van der Waals surface area contributed by atoms with E-state index in [1.54, 1.807) is 0 Å². The fourth-order valence-corrected chi connectivity index (χ4v) is 3.03. The van der Waals surface area contributed by atoms with Crippen LogP contribution in [0.4, 0.5) is 0 Å². The average molecular weight is 197 g/mol. The Bertz CT molecular complexity index is 263. The van der Waals surface area contributed by atoms with Gasteiger partial charge in [0.15, 0.2) is 8.24 Å². The Kier molecular flexibility index (Phi) is 2.43. The van der Waals surface area contributed by atoms with Gasteiger partial charge in [0.2, 0.25) is 11.8 Å². The highest BCUT2D eigenvalue weighted by molar-refractivity contribution is 6.81. The van der Waals surface area contributed by atoms with Gasteiger partial charge in [-0.3, -0.25) is 9.59 Å². The molecule has 0 aromatic rings. The minimum absolute atomic E-state index is 0.143. The Morgan fingerprint density at radius 1 is 1.15 bits per heavy atom. The molecule has 4 heteroatoms.